The van der Waals surface area contributed by atoms with Gasteiger partial charge in [0.2, 0.25) is 0 Å². The van der Waals surface area contributed by atoms with Crippen molar-refractivity contribution in [1.29, 1.82) is 0 Å². The topological polar surface area (TPSA) is 29.3 Å². The zero-order valence-electron chi connectivity index (χ0n) is 15.1. The van der Waals surface area contributed by atoms with E-state index in [0.717, 1.165) is 22.6 Å². The number of nitrogens with two attached hydrogens (primary N) is 1. The number of hydrogen-bond acceptors (Lipinski definition) is 2. The highest BCUT2D eigenvalue weighted by molar-refractivity contribution is 5.78. The lowest BCUT2D eigenvalue weighted by Crippen LogP contribution is -2.10. The molecule has 0 radical (unpaired) electrons. The molecule has 0 amide bonds. The second-order valence-electron chi connectivity index (χ2n) is 6.46. The van der Waals surface area contributed by atoms with Crippen molar-refractivity contribution in [3.63, 3.8) is 0 Å². The van der Waals surface area contributed by atoms with Gasteiger partial charge in [-0.05, 0) is 53.1 Å². The van der Waals surface area contributed by atoms with Gasteiger partial charge in [-0.15, -0.1) is 0 Å². The molecule has 0 spiro atoms. The van der Waals surface area contributed by atoms with Crippen LogP contribution >= 0.6 is 0 Å². The molecule has 0 aliphatic rings. The van der Waals surface area contributed by atoms with E-state index < -0.39 is 0 Å². The molecule has 0 aliphatic heterocycles. The van der Waals surface area contributed by atoms with Gasteiger partial charge in [0.25, 0.3) is 0 Å². The molecule has 27 heavy (non-hydrogen) atoms. The molecular weight excluding hydrogens is 328 g/mol. The molecule has 2 N–H and O–H groups in total. The average molecular weight is 350 g/mol. The smallest absolute Gasteiger partial charge is 0.0464 e. The maximum Gasteiger partial charge on any atom is 0.0464 e. The maximum absolute atomic E-state index is 5.86. The molecule has 0 aromatic heterocycles. The van der Waals surface area contributed by atoms with Gasteiger partial charge in [-0.2, -0.15) is 0 Å². The maximum atomic E-state index is 5.86. The summed E-state index contributed by atoms with van der Waals surface area (Å²) in [6.45, 7) is 0.531. The molecule has 0 atom stereocenters. The number of hydrogen-bond donors (Lipinski definition) is 1. The Labute approximate surface area is 160 Å². The number of nitrogens with zero attached hydrogens (tertiary/aromatic N) is 1. The molecule has 4 aromatic rings. The van der Waals surface area contributed by atoms with Crippen molar-refractivity contribution >= 4 is 17.1 Å². The third-order valence-corrected chi connectivity index (χ3v) is 4.65. The quantitative estimate of drug-likeness (QED) is 0.459. The fourth-order valence-corrected chi connectivity index (χ4v) is 3.28. The van der Waals surface area contributed by atoms with Crippen molar-refractivity contribution in [2.24, 2.45) is 5.73 Å². The largest absolute Gasteiger partial charge is 0.326 e. The zero-order valence-corrected chi connectivity index (χ0v) is 15.1. The molecule has 4 aromatic carbocycles. The van der Waals surface area contributed by atoms with E-state index in [1.807, 2.05) is 12.1 Å². The molecule has 132 valence electrons. The SMILES string of the molecule is NCc1cccc(N(c2ccccc2)c2ccc(-c3ccccc3)cc2)c1. The second-order valence-corrected chi connectivity index (χ2v) is 6.46. The Kier molecular flexibility index (Phi) is 4.99. The second kappa shape index (κ2) is 7.90. The van der Waals surface area contributed by atoms with Crippen LogP contribution in [0.1, 0.15) is 5.56 Å². The summed E-state index contributed by atoms with van der Waals surface area (Å²) in [5, 5.41) is 0. The van der Waals surface area contributed by atoms with Crippen LogP contribution in [0.15, 0.2) is 109 Å². The van der Waals surface area contributed by atoms with E-state index in [2.05, 4.69) is 102 Å². The Bertz CT molecular complexity index is 993. The monoisotopic (exact) mass is 350 g/mol. The van der Waals surface area contributed by atoms with E-state index in [0.29, 0.717) is 6.54 Å². The first-order chi connectivity index (χ1) is 13.3. The number of anilines is 3. The Balaban J connectivity index is 1.77. The summed E-state index contributed by atoms with van der Waals surface area (Å²) in [4.78, 5) is 2.26. The lowest BCUT2D eigenvalue weighted by Gasteiger charge is -2.26. The van der Waals surface area contributed by atoms with E-state index in [9.17, 15) is 0 Å². The van der Waals surface area contributed by atoms with E-state index in [1.165, 1.54) is 11.1 Å². The molecule has 0 aliphatic carbocycles. The van der Waals surface area contributed by atoms with Gasteiger partial charge >= 0.3 is 0 Å². The summed E-state index contributed by atoms with van der Waals surface area (Å²) in [6, 6.07) is 37.9. The molecule has 2 heteroatoms. The third-order valence-electron chi connectivity index (χ3n) is 4.65. The molecule has 0 saturated heterocycles. The van der Waals surface area contributed by atoms with Gasteiger partial charge in [-0.25, -0.2) is 0 Å². The Morgan fingerprint density at radius 2 is 1.07 bits per heavy atom. The van der Waals surface area contributed by atoms with Gasteiger partial charge in [0.05, 0.1) is 0 Å². The van der Waals surface area contributed by atoms with E-state index in [1.54, 1.807) is 0 Å². The van der Waals surface area contributed by atoms with Crippen molar-refractivity contribution in [3.05, 3.63) is 115 Å². The van der Waals surface area contributed by atoms with Crippen LogP contribution in [0, 0.1) is 0 Å². The molecule has 0 saturated carbocycles. The molecule has 0 bridgehead atoms. The van der Waals surface area contributed by atoms with Crippen LogP contribution in [-0.4, -0.2) is 0 Å². The van der Waals surface area contributed by atoms with Gasteiger partial charge in [0, 0.05) is 23.6 Å². The van der Waals surface area contributed by atoms with Gasteiger partial charge in [-0.3, -0.25) is 0 Å². The van der Waals surface area contributed by atoms with Gasteiger partial charge in [0.1, 0.15) is 0 Å². The summed E-state index contributed by atoms with van der Waals surface area (Å²) >= 11 is 0. The van der Waals surface area contributed by atoms with Crippen molar-refractivity contribution in [2.75, 3.05) is 4.90 Å². The fourth-order valence-electron chi connectivity index (χ4n) is 3.28. The number of para-hydroxylation sites is 1. The van der Waals surface area contributed by atoms with Crippen LogP contribution in [0.3, 0.4) is 0 Å². The molecule has 4 rings (SSSR count). The van der Waals surface area contributed by atoms with Crippen LogP contribution in [0.5, 0.6) is 0 Å². The first kappa shape index (κ1) is 17.1. The summed E-state index contributed by atoms with van der Waals surface area (Å²) in [6.07, 6.45) is 0. The predicted molar refractivity (Wildman–Crippen MR) is 114 cm³/mol. The third kappa shape index (κ3) is 3.76. The van der Waals surface area contributed by atoms with Crippen LogP contribution in [0.2, 0.25) is 0 Å². The minimum absolute atomic E-state index is 0.531. The van der Waals surface area contributed by atoms with E-state index in [4.69, 9.17) is 5.73 Å². The summed E-state index contributed by atoms with van der Waals surface area (Å²) in [7, 11) is 0. The molecule has 0 unspecified atom stereocenters. The highest BCUT2D eigenvalue weighted by Gasteiger charge is 2.12. The van der Waals surface area contributed by atoms with Crippen LogP contribution in [0.25, 0.3) is 11.1 Å². The molecule has 0 heterocycles. The standard InChI is InChI=1S/C25H22N2/c26-19-20-8-7-13-25(18-20)27(23-11-5-2-6-12-23)24-16-14-22(15-17-24)21-9-3-1-4-10-21/h1-18H,19,26H2. The zero-order chi connectivity index (χ0) is 18.5. The Morgan fingerprint density at radius 1 is 0.519 bits per heavy atom. The highest BCUT2D eigenvalue weighted by atomic mass is 15.1. The summed E-state index contributed by atoms with van der Waals surface area (Å²) in [5.74, 6) is 0. The fraction of sp³-hybridized carbons (Fsp3) is 0.0400. The van der Waals surface area contributed by atoms with Crippen LogP contribution < -0.4 is 10.6 Å². The van der Waals surface area contributed by atoms with Crippen molar-refractivity contribution < 1.29 is 0 Å². The predicted octanol–water partition coefficient (Wildman–Crippen LogP) is 6.28. The van der Waals surface area contributed by atoms with Crippen LogP contribution in [0.4, 0.5) is 17.1 Å². The van der Waals surface area contributed by atoms with Crippen molar-refractivity contribution in [2.45, 2.75) is 6.54 Å². The summed E-state index contributed by atoms with van der Waals surface area (Å²) in [5.41, 5.74) is 12.8. The lowest BCUT2D eigenvalue weighted by molar-refractivity contribution is 1.07. The lowest BCUT2D eigenvalue weighted by atomic mass is 10.0. The molecular formula is C25H22N2. The number of benzene rings is 4. The molecule has 2 nitrogen and oxygen atoms in total. The molecule has 0 fully saturated rings. The van der Waals surface area contributed by atoms with E-state index >= 15 is 0 Å². The highest BCUT2D eigenvalue weighted by Crippen LogP contribution is 2.35. The number of rotatable bonds is 5. The first-order valence-corrected chi connectivity index (χ1v) is 9.15. The Morgan fingerprint density at radius 3 is 1.74 bits per heavy atom. The average Bonchev–Trinajstić information content (AvgIpc) is 2.76. The van der Waals surface area contributed by atoms with Crippen molar-refractivity contribution in [3.8, 4) is 11.1 Å². The van der Waals surface area contributed by atoms with E-state index in [-0.39, 0.29) is 0 Å². The van der Waals surface area contributed by atoms with Gasteiger partial charge < -0.3 is 10.6 Å². The first-order valence-electron chi connectivity index (χ1n) is 9.15. The minimum Gasteiger partial charge on any atom is -0.326 e. The Hall–Kier alpha value is -3.36. The van der Waals surface area contributed by atoms with Gasteiger partial charge in [0.15, 0.2) is 0 Å². The van der Waals surface area contributed by atoms with Crippen molar-refractivity contribution in [1.82, 2.24) is 0 Å². The van der Waals surface area contributed by atoms with Gasteiger partial charge in [-0.1, -0.05) is 72.8 Å². The minimum atomic E-state index is 0.531. The summed E-state index contributed by atoms with van der Waals surface area (Å²) < 4.78 is 0. The van der Waals surface area contributed by atoms with Crippen LogP contribution in [-0.2, 0) is 6.54 Å². The normalized spacial score (nSPS) is 10.6.